The van der Waals surface area contributed by atoms with Crippen LogP contribution in [0, 0.1) is 0 Å². The van der Waals surface area contributed by atoms with Gasteiger partial charge in [-0.05, 0) is 12.1 Å². The molecule has 2 atom stereocenters. The minimum Gasteiger partial charge on any atom is -0.493 e. The lowest BCUT2D eigenvalue weighted by Crippen LogP contribution is -2.30. The highest BCUT2D eigenvalue weighted by Crippen LogP contribution is 2.32. The van der Waals surface area contributed by atoms with Gasteiger partial charge >= 0.3 is 0 Å². The number of β-amino-alcohol motifs (C(OH)–C–C–N with tert-alkyl or cyclic N) is 2. The Labute approximate surface area is 111 Å². The lowest BCUT2D eigenvalue weighted by molar-refractivity contribution is 0.0572. The zero-order chi connectivity index (χ0) is 14.0. The summed E-state index contributed by atoms with van der Waals surface area (Å²) in [6.45, 7) is 0.223. The van der Waals surface area contributed by atoms with Gasteiger partial charge in [-0.1, -0.05) is 6.07 Å². The van der Waals surface area contributed by atoms with E-state index < -0.39 is 12.2 Å². The molecule has 6 nitrogen and oxygen atoms in total. The fraction of sp³-hybridized carbons (Fsp3) is 0.462. The molecule has 1 fully saturated rings. The van der Waals surface area contributed by atoms with Crippen molar-refractivity contribution in [3.63, 3.8) is 0 Å². The van der Waals surface area contributed by atoms with E-state index in [-0.39, 0.29) is 19.0 Å². The van der Waals surface area contributed by atoms with Crippen LogP contribution in [0.15, 0.2) is 18.2 Å². The van der Waals surface area contributed by atoms with Gasteiger partial charge in [0.15, 0.2) is 11.5 Å². The number of aliphatic hydroxyl groups is 2. The van der Waals surface area contributed by atoms with Gasteiger partial charge in [0, 0.05) is 13.1 Å². The SMILES string of the molecule is COc1cccc(C(=O)N2CC(O)C(O)C2)c1OC. The summed E-state index contributed by atoms with van der Waals surface area (Å²) < 4.78 is 10.3. The Bertz CT molecular complexity index is 466. The van der Waals surface area contributed by atoms with E-state index in [9.17, 15) is 15.0 Å². The number of likely N-dealkylation sites (tertiary alicyclic amines) is 1. The molecule has 104 valence electrons. The molecule has 0 radical (unpaired) electrons. The van der Waals surface area contributed by atoms with Crippen molar-refractivity contribution in [3.05, 3.63) is 23.8 Å². The number of carbonyl (C=O) groups is 1. The molecule has 1 aliphatic rings. The highest BCUT2D eigenvalue weighted by atomic mass is 16.5. The summed E-state index contributed by atoms with van der Waals surface area (Å²) in [4.78, 5) is 13.7. The standard InChI is InChI=1S/C13H17NO5/c1-18-11-5-3-4-8(12(11)19-2)13(17)14-6-9(15)10(16)7-14/h3-5,9-10,15-16H,6-7H2,1-2H3. The van der Waals surface area contributed by atoms with Crippen molar-refractivity contribution in [1.82, 2.24) is 4.90 Å². The molecule has 0 aromatic heterocycles. The summed E-state index contributed by atoms with van der Waals surface area (Å²) in [5, 5.41) is 19.0. The normalized spacial score (nSPS) is 22.4. The van der Waals surface area contributed by atoms with E-state index in [1.165, 1.54) is 19.1 Å². The summed E-state index contributed by atoms with van der Waals surface area (Å²) in [7, 11) is 2.96. The second kappa shape index (κ2) is 5.46. The largest absolute Gasteiger partial charge is 0.493 e. The predicted octanol–water partition coefficient (Wildman–Crippen LogP) is -0.119. The molecule has 0 saturated carbocycles. The fourth-order valence-corrected chi connectivity index (χ4v) is 2.16. The average Bonchev–Trinajstić information content (AvgIpc) is 2.76. The van der Waals surface area contributed by atoms with Crippen LogP contribution in [0.3, 0.4) is 0 Å². The Morgan fingerprint density at radius 3 is 2.37 bits per heavy atom. The van der Waals surface area contributed by atoms with E-state index in [1.807, 2.05) is 0 Å². The maximum Gasteiger partial charge on any atom is 0.257 e. The van der Waals surface area contributed by atoms with E-state index in [0.717, 1.165) is 0 Å². The summed E-state index contributed by atoms with van der Waals surface area (Å²) >= 11 is 0. The van der Waals surface area contributed by atoms with Gasteiger partial charge in [0.1, 0.15) is 0 Å². The quantitative estimate of drug-likeness (QED) is 0.798. The van der Waals surface area contributed by atoms with Gasteiger partial charge in [-0.2, -0.15) is 0 Å². The van der Waals surface area contributed by atoms with Crippen molar-refractivity contribution >= 4 is 5.91 Å². The summed E-state index contributed by atoms with van der Waals surface area (Å²) in [6, 6.07) is 5.02. The second-order valence-electron chi connectivity index (χ2n) is 4.39. The number of para-hydroxylation sites is 1. The highest BCUT2D eigenvalue weighted by Gasteiger charge is 2.34. The van der Waals surface area contributed by atoms with Gasteiger partial charge in [0.25, 0.3) is 5.91 Å². The summed E-state index contributed by atoms with van der Waals surface area (Å²) in [5.41, 5.74) is 0.350. The molecule has 0 bridgehead atoms. The van der Waals surface area contributed by atoms with E-state index in [0.29, 0.717) is 17.1 Å². The first-order chi connectivity index (χ1) is 9.08. The summed E-state index contributed by atoms with van der Waals surface area (Å²) in [5.74, 6) is 0.519. The van der Waals surface area contributed by atoms with Gasteiger partial charge in [-0.25, -0.2) is 0 Å². The number of nitrogens with zero attached hydrogens (tertiary/aromatic N) is 1. The van der Waals surface area contributed by atoms with E-state index in [1.54, 1.807) is 18.2 Å². The molecule has 1 saturated heterocycles. The van der Waals surface area contributed by atoms with E-state index in [2.05, 4.69) is 0 Å². The van der Waals surface area contributed by atoms with Crippen molar-refractivity contribution in [1.29, 1.82) is 0 Å². The Morgan fingerprint density at radius 2 is 1.84 bits per heavy atom. The lowest BCUT2D eigenvalue weighted by Gasteiger charge is -2.18. The molecule has 2 unspecified atom stereocenters. The Kier molecular flexibility index (Phi) is 3.92. The van der Waals surface area contributed by atoms with Crippen LogP contribution in [0.5, 0.6) is 11.5 Å². The molecular weight excluding hydrogens is 250 g/mol. The average molecular weight is 267 g/mol. The first-order valence-electron chi connectivity index (χ1n) is 5.95. The minimum absolute atomic E-state index is 0.111. The predicted molar refractivity (Wildman–Crippen MR) is 67.5 cm³/mol. The minimum atomic E-state index is -0.902. The third-order valence-electron chi connectivity index (χ3n) is 3.18. The molecule has 2 rings (SSSR count). The molecule has 1 heterocycles. The Hall–Kier alpha value is -1.79. The van der Waals surface area contributed by atoms with Crippen molar-refractivity contribution < 1.29 is 24.5 Å². The number of benzene rings is 1. The smallest absolute Gasteiger partial charge is 0.257 e. The highest BCUT2D eigenvalue weighted by molar-refractivity contribution is 5.98. The van der Waals surface area contributed by atoms with Gasteiger partial charge < -0.3 is 24.6 Å². The molecule has 0 aliphatic carbocycles. The zero-order valence-electron chi connectivity index (χ0n) is 10.9. The van der Waals surface area contributed by atoms with Crippen LogP contribution < -0.4 is 9.47 Å². The first-order valence-corrected chi connectivity index (χ1v) is 5.95. The lowest BCUT2D eigenvalue weighted by atomic mass is 10.1. The topological polar surface area (TPSA) is 79.2 Å². The van der Waals surface area contributed by atoms with Crippen LogP contribution in [0.1, 0.15) is 10.4 Å². The molecule has 19 heavy (non-hydrogen) atoms. The number of aliphatic hydroxyl groups excluding tert-OH is 2. The van der Waals surface area contributed by atoms with Crippen LogP contribution in [0.25, 0.3) is 0 Å². The van der Waals surface area contributed by atoms with Crippen molar-refractivity contribution in [2.75, 3.05) is 27.3 Å². The number of carbonyl (C=O) groups excluding carboxylic acids is 1. The molecule has 1 aromatic carbocycles. The van der Waals surface area contributed by atoms with Gasteiger partial charge in [0.2, 0.25) is 0 Å². The molecule has 0 spiro atoms. The third kappa shape index (κ3) is 2.50. The maximum absolute atomic E-state index is 12.4. The molecular formula is C13H17NO5. The molecule has 1 aliphatic heterocycles. The second-order valence-corrected chi connectivity index (χ2v) is 4.39. The van der Waals surface area contributed by atoms with Crippen molar-refractivity contribution in [2.24, 2.45) is 0 Å². The van der Waals surface area contributed by atoms with E-state index >= 15 is 0 Å². The van der Waals surface area contributed by atoms with Gasteiger partial charge in [-0.3, -0.25) is 4.79 Å². The number of amides is 1. The van der Waals surface area contributed by atoms with Gasteiger partial charge in [-0.15, -0.1) is 0 Å². The van der Waals surface area contributed by atoms with Crippen LogP contribution in [0.4, 0.5) is 0 Å². The molecule has 2 N–H and O–H groups in total. The molecule has 6 heteroatoms. The maximum atomic E-state index is 12.4. The van der Waals surface area contributed by atoms with E-state index in [4.69, 9.17) is 9.47 Å². The molecule has 1 aromatic rings. The number of methoxy groups -OCH3 is 2. The van der Waals surface area contributed by atoms with Crippen molar-refractivity contribution in [3.8, 4) is 11.5 Å². The Balaban J connectivity index is 2.29. The number of hydrogen-bond acceptors (Lipinski definition) is 5. The van der Waals surface area contributed by atoms with Crippen LogP contribution in [0.2, 0.25) is 0 Å². The summed E-state index contributed by atoms with van der Waals surface area (Å²) in [6.07, 6.45) is -1.80. The zero-order valence-corrected chi connectivity index (χ0v) is 10.9. The van der Waals surface area contributed by atoms with Crippen LogP contribution in [-0.4, -0.2) is 60.5 Å². The van der Waals surface area contributed by atoms with Crippen LogP contribution >= 0.6 is 0 Å². The fourth-order valence-electron chi connectivity index (χ4n) is 2.16. The number of hydrogen-bond donors (Lipinski definition) is 2. The first kappa shape index (κ1) is 13.6. The van der Waals surface area contributed by atoms with Crippen LogP contribution in [-0.2, 0) is 0 Å². The monoisotopic (exact) mass is 267 g/mol. The molecule has 1 amide bonds. The Morgan fingerprint density at radius 1 is 1.21 bits per heavy atom. The van der Waals surface area contributed by atoms with Gasteiger partial charge in [0.05, 0.1) is 32.0 Å². The number of rotatable bonds is 3. The number of ether oxygens (including phenoxy) is 2. The third-order valence-corrected chi connectivity index (χ3v) is 3.18. The van der Waals surface area contributed by atoms with Crippen molar-refractivity contribution in [2.45, 2.75) is 12.2 Å².